The van der Waals surface area contributed by atoms with E-state index in [-0.39, 0.29) is 0 Å². The minimum atomic E-state index is 0.324. The maximum absolute atomic E-state index is 4.52. The van der Waals surface area contributed by atoms with Crippen molar-refractivity contribution in [2.45, 2.75) is 19.4 Å². The van der Waals surface area contributed by atoms with Gasteiger partial charge in [0.05, 0.1) is 0 Å². The zero-order chi connectivity index (χ0) is 13.5. The van der Waals surface area contributed by atoms with Gasteiger partial charge in [-0.3, -0.25) is 0 Å². The van der Waals surface area contributed by atoms with Crippen LogP contribution in [0.3, 0.4) is 0 Å². The number of nitrogens with zero attached hydrogens (tertiary/aromatic N) is 3. The summed E-state index contributed by atoms with van der Waals surface area (Å²) in [5.74, 6) is 1.08. The molecule has 0 aromatic carbocycles. The van der Waals surface area contributed by atoms with E-state index in [9.17, 15) is 0 Å². The molecule has 0 saturated heterocycles. The predicted molar refractivity (Wildman–Crippen MR) is 78.2 cm³/mol. The summed E-state index contributed by atoms with van der Waals surface area (Å²) < 4.78 is 0. The van der Waals surface area contributed by atoms with E-state index in [1.54, 1.807) is 0 Å². The first-order valence-electron chi connectivity index (χ1n) is 6.54. The third kappa shape index (κ3) is 4.27. The van der Waals surface area contributed by atoms with E-state index in [0.29, 0.717) is 6.04 Å². The zero-order valence-corrected chi connectivity index (χ0v) is 12.3. The van der Waals surface area contributed by atoms with Crippen molar-refractivity contribution >= 4 is 5.82 Å². The molecule has 1 heterocycles. The second-order valence-corrected chi connectivity index (χ2v) is 5.00. The number of hydrogen-bond acceptors (Lipinski definition) is 4. The van der Waals surface area contributed by atoms with Crippen LogP contribution in [0.4, 0.5) is 5.82 Å². The van der Waals surface area contributed by atoms with Gasteiger partial charge in [-0.1, -0.05) is 6.07 Å². The Morgan fingerprint density at radius 3 is 2.61 bits per heavy atom. The van der Waals surface area contributed by atoms with Gasteiger partial charge in [0.1, 0.15) is 5.82 Å². The molecule has 1 rings (SSSR count). The molecule has 4 heteroatoms. The maximum Gasteiger partial charge on any atom is 0.133 e. The Kier molecular flexibility index (Phi) is 6.09. The summed E-state index contributed by atoms with van der Waals surface area (Å²) in [6.45, 7) is 4.29. The Labute approximate surface area is 111 Å². The number of anilines is 1. The first-order chi connectivity index (χ1) is 8.56. The first kappa shape index (κ1) is 14.9. The fraction of sp³-hybridized carbons (Fsp3) is 0.643. The summed E-state index contributed by atoms with van der Waals surface area (Å²) in [7, 11) is 8.31. The third-order valence-electron chi connectivity index (χ3n) is 3.18. The number of aromatic nitrogens is 1. The quantitative estimate of drug-likeness (QED) is 0.799. The van der Waals surface area contributed by atoms with Crippen molar-refractivity contribution in [3.63, 3.8) is 0 Å². The molecule has 102 valence electrons. The highest BCUT2D eigenvalue weighted by molar-refractivity contribution is 5.47. The highest BCUT2D eigenvalue weighted by atomic mass is 15.2. The molecule has 4 nitrogen and oxygen atoms in total. The van der Waals surface area contributed by atoms with E-state index in [0.717, 1.165) is 25.3 Å². The van der Waals surface area contributed by atoms with Crippen molar-refractivity contribution in [1.82, 2.24) is 15.2 Å². The average Bonchev–Trinajstić information content (AvgIpc) is 2.37. The van der Waals surface area contributed by atoms with Crippen LogP contribution in [0.5, 0.6) is 0 Å². The molecular weight excluding hydrogens is 224 g/mol. The molecule has 0 aliphatic rings. The van der Waals surface area contributed by atoms with Crippen LogP contribution in [0.15, 0.2) is 18.3 Å². The molecule has 1 N–H and O–H groups in total. The molecule has 1 unspecified atom stereocenters. The molecule has 0 radical (unpaired) electrons. The molecule has 1 atom stereocenters. The minimum absolute atomic E-state index is 0.324. The smallest absolute Gasteiger partial charge is 0.133 e. The standard InChI is InChI=1S/C14H26N4/c1-12(15-2)13-8-6-9-16-14(13)18(5)11-7-10-17(3)4/h6,8-9,12,15H,7,10-11H2,1-5H3. The van der Waals surface area contributed by atoms with E-state index in [4.69, 9.17) is 0 Å². The zero-order valence-electron chi connectivity index (χ0n) is 12.3. The van der Waals surface area contributed by atoms with Crippen LogP contribution in [0.25, 0.3) is 0 Å². The van der Waals surface area contributed by atoms with Gasteiger partial charge in [0.25, 0.3) is 0 Å². The topological polar surface area (TPSA) is 31.4 Å². The number of rotatable bonds is 7. The Morgan fingerprint density at radius 2 is 2.00 bits per heavy atom. The summed E-state index contributed by atoms with van der Waals surface area (Å²) in [6.07, 6.45) is 3.01. The summed E-state index contributed by atoms with van der Waals surface area (Å²) >= 11 is 0. The SMILES string of the molecule is CNC(C)c1cccnc1N(C)CCCN(C)C. The molecule has 0 aliphatic carbocycles. The van der Waals surface area contributed by atoms with Crippen molar-refractivity contribution in [3.8, 4) is 0 Å². The highest BCUT2D eigenvalue weighted by Gasteiger charge is 2.12. The molecule has 1 aromatic heterocycles. The molecule has 18 heavy (non-hydrogen) atoms. The number of pyridine rings is 1. The van der Waals surface area contributed by atoms with E-state index in [1.807, 2.05) is 19.3 Å². The van der Waals surface area contributed by atoms with Crippen molar-refractivity contribution in [1.29, 1.82) is 0 Å². The van der Waals surface area contributed by atoms with Gasteiger partial charge < -0.3 is 15.1 Å². The Hall–Kier alpha value is -1.13. The lowest BCUT2D eigenvalue weighted by Gasteiger charge is -2.24. The summed E-state index contributed by atoms with van der Waals surface area (Å²) in [5.41, 5.74) is 1.26. The largest absolute Gasteiger partial charge is 0.359 e. The summed E-state index contributed by atoms with van der Waals surface area (Å²) in [6, 6.07) is 4.47. The molecule has 0 spiro atoms. The van der Waals surface area contributed by atoms with Gasteiger partial charge in [0.15, 0.2) is 0 Å². The lowest BCUT2D eigenvalue weighted by Crippen LogP contribution is -2.26. The van der Waals surface area contributed by atoms with Crippen LogP contribution >= 0.6 is 0 Å². The minimum Gasteiger partial charge on any atom is -0.359 e. The fourth-order valence-electron chi connectivity index (χ4n) is 1.95. The van der Waals surface area contributed by atoms with Crippen LogP contribution < -0.4 is 10.2 Å². The highest BCUT2D eigenvalue weighted by Crippen LogP contribution is 2.22. The molecule has 0 aliphatic heterocycles. The maximum atomic E-state index is 4.52. The van der Waals surface area contributed by atoms with Crippen LogP contribution in [-0.4, -0.2) is 51.2 Å². The van der Waals surface area contributed by atoms with Crippen molar-refractivity contribution in [2.75, 3.05) is 46.2 Å². The number of nitrogens with one attached hydrogen (secondary N) is 1. The molecular formula is C14H26N4. The van der Waals surface area contributed by atoms with Crippen LogP contribution in [-0.2, 0) is 0 Å². The number of hydrogen-bond donors (Lipinski definition) is 1. The van der Waals surface area contributed by atoms with Gasteiger partial charge >= 0.3 is 0 Å². The Bertz CT molecular complexity index is 351. The van der Waals surface area contributed by atoms with Crippen molar-refractivity contribution < 1.29 is 0 Å². The second kappa shape index (κ2) is 7.34. The van der Waals surface area contributed by atoms with Crippen LogP contribution in [0.2, 0.25) is 0 Å². The van der Waals surface area contributed by atoms with Gasteiger partial charge in [-0.15, -0.1) is 0 Å². The lowest BCUT2D eigenvalue weighted by atomic mass is 10.1. The van der Waals surface area contributed by atoms with E-state index < -0.39 is 0 Å². The molecule has 0 bridgehead atoms. The van der Waals surface area contributed by atoms with E-state index in [2.05, 4.69) is 54.2 Å². The monoisotopic (exact) mass is 250 g/mol. The van der Waals surface area contributed by atoms with Crippen molar-refractivity contribution in [2.24, 2.45) is 0 Å². The van der Waals surface area contributed by atoms with Gasteiger partial charge in [-0.2, -0.15) is 0 Å². The molecule has 0 saturated carbocycles. The molecule has 0 fully saturated rings. The third-order valence-corrected chi connectivity index (χ3v) is 3.18. The van der Waals surface area contributed by atoms with E-state index in [1.165, 1.54) is 5.56 Å². The lowest BCUT2D eigenvalue weighted by molar-refractivity contribution is 0.401. The Balaban J connectivity index is 2.69. The van der Waals surface area contributed by atoms with Gasteiger partial charge in [0, 0.05) is 31.4 Å². The van der Waals surface area contributed by atoms with Crippen LogP contribution in [0, 0.1) is 0 Å². The Morgan fingerprint density at radius 1 is 1.28 bits per heavy atom. The van der Waals surface area contributed by atoms with Gasteiger partial charge in [-0.05, 0) is 47.1 Å². The molecule has 1 aromatic rings. The summed E-state index contributed by atoms with van der Waals surface area (Å²) in [5, 5.41) is 3.28. The van der Waals surface area contributed by atoms with Crippen molar-refractivity contribution in [3.05, 3.63) is 23.9 Å². The van der Waals surface area contributed by atoms with E-state index >= 15 is 0 Å². The first-order valence-corrected chi connectivity index (χ1v) is 6.54. The summed E-state index contributed by atoms with van der Waals surface area (Å²) in [4.78, 5) is 8.97. The average molecular weight is 250 g/mol. The predicted octanol–water partition coefficient (Wildman–Crippen LogP) is 1.75. The second-order valence-electron chi connectivity index (χ2n) is 5.00. The van der Waals surface area contributed by atoms with Gasteiger partial charge in [0.2, 0.25) is 0 Å². The normalized spacial score (nSPS) is 12.8. The van der Waals surface area contributed by atoms with Crippen LogP contribution in [0.1, 0.15) is 24.9 Å². The fourth-order valence-corrected chi connectivity index (χ4v) is 1.95. The molecule has 0 amide bonds. The van der Waals surface area contributed by atoms with Gasteiger partial charge in [-0.25, -0.2) is 4.98 Å².